The molecule has 18 nitrogen and oxygen atoms in total. The molecule has 74 heavy (non-hydrogen) atoms. The summed E-state index contributed by atoms with van der Waals surface area (Å²) < 4.78 is 75.2. The Hall–Kier alpha value is -8.04. The number of carbonyl (C=O) groups is 2. The van der Waals surface area contributed by atoms with E-state index in [4.69, 9.17) is 32.7 Å². The molecule has 0 aliphatic rings. The molecule has 2 aromatic heterocycles. The molecular formula is C52H48Cl2N8O10S2. The highest BCUT2D eigenvalue weighted by Gasteiger charge is 2.32. The van der Waals surface area contributed by atoms with Gasteiger partial charge in [0.25, 0.3) is 43.0 Å². The molecule has 2 heterocycles. The number of para-hydroxylation sites is 2. The first-order chi connectivity index (χ1) is 35.1. The van der Waals surface area contributed by atoms with Gasteiger partial charge in [-0.15, -0.1) is 0 Å². The lowest BCUT2D eigenvalue weighted by atomic mass is 10.0. The number of nitrogens with one attached hydrogen (secondary N) is 2. The molecular weight excluding hydrogens is 1030 g/mol. The van der Waals surface area contributed by atoms with E-state index in [9.17, 15) is 36.0 Å². The first-order valence-corrected chi connectivity index (χ1v) is 26.0. The van der Waals surface area contributed by atoms with E-state index in [1.165, 1.54) is 61.9 Å². The van der Waals surface area contributed by atoms with Crippen LogP contribution >= 0.6 is 23.2 Å². The summed E-state index contributed by atoms with van der Waals surface area (Å²) in [5.41, 5.74) is 1.87. The second kappa shape index (κ2) is 20.5. The predicted octanol–water partition coefficient (Wildman–Crippen LogP) is 8.43. The van der Waals surface area contributed by atoms with Crippen LogP contribution in [0.3, 0.4) is 0 Å². The van der Waals surface area contributed by atoms with Crippen LogP contribution < -0.4 is 39.8 Å². The van der Waals surface area contributed by atoms with Gasteiger partial charge in [0.2, 0.25) is 0 Å². The highest BCUT2D eigenvalue weighted by Crippen LogP contribution is 2.37. The van der Waals surface area contributed by atoms with Crippen molar-refractivity contribution in [2.24, 2.45) is 14.1 Å². The minimum atomic E-state index is -4.41. The van der Waals surface area contributed by atoms with E-state index in [0.717, 1.165) is 20.7 Å². The van der Waals surface area contributed by atoms with Gasteiger partial charge in [-0.25, -0.2) is 26.2 Å². The van der Waals surface area contributed by atoms with Crippen molar-refractivity contribution in [3.8, 4) is 34.0 Å². The molecule has 0 bridgehead atoms. The van der Waals surface area contributed by atoms with E-state index in [1.54, 1.807) is 134 Å². The number of methoxy groups -OCH3 is 2. The van der Waals surface area contributed by atoms with Gasteiger partial charge in [-0.05, 0) is 110 Å². The number of rotatable bonds is 15. The molecule has 0 spiro atoms. The number of amides is 2. The summed E-state index contributed by atoms with van der Waals surface area (Å²) in [5, 5.41) is 5.42. The molecule has 382 valence electrons. The summed E-state index contributed by atoms with van der Waals surface area (Å²) in [5.74, 6) is -1.06. The smallest absolute Gasteiger partial charge is 0.296 e. The minimum Gasteiger partial charge on any atom is -0.495 e. The van der Waals surface area contributed by atoms with Crippen molar-refractivity contribution in [2.75, 3.05) is 47.6 Å². The van der Waals surface area contributed by atoms with Crippen LogP contribution in [0.1, 0.15) is 32.1 Å². The van der Waals surface area contributed by atoms with Crippen molar-refractivity contribution in [1.29, 1.82) is 0 Å². The fourth-order valence-electron chi connectivity index (χ4n) is 8.40. The van der Waals surface area contributed by atoms with Crippen molar-refractivity contribution in [1.82, 2.24) is 18.7 Å². The van der Waals surface area contributed by atoms with E-state index >= 15 is 0 Å². The Kier molecular flexibility index (Phi) is 14.5. The number of anilines is 4. The van der Waals surface area contributed by atoms with E-state index < -0.39 is 43.0 Å². The third kappa shape index (κ3) is 9.43. The quantitative estimate of drug-likeness (QED) is 0.100. The number of nitrogens with zero attached hydrogens (tertiary/aromatic N) is 6. The van der Waals surface area contributed by atoms with Gasteiger partial charge in [-0.3, -0.25) is 37.2 Å². The average Bonchev–Trinajstić information content (AvgIpc) is 3.76. The van der Waals surface area contributed by atoms with Gasteiger partial charge >= 0.3 is 0 Å². The molecule has 2 amide bonds. The van der Waals surface area contributed by atoms with Gasteiger partial charge < -0.3 is 20.1 Å². The van der Waals surface area contributed by atoms with Gasteiger partial charge in [-0.2, -0.15) is 0 Å². The Bertz CT molecular complexity index is 3640. The lowest BCUT2D eigenvalue weighted by Crippen LogP contribution is -2.32. The first-order valence-electron chi connectivity index (χ1n) is 22.4. The van der Waals surface area contributed by atoms with Crippen LogP contribution in [0, 0.1) is 13.8 Å². The highest BCUT2D eigenvalue weighted by atomic mass is 35.5. The molecule has 0 fully saturated rings. The van der Waals surface area contributed by atoms with Crippen LogP contribution in [-0.4, -0.2) is 75.7 Å². The fraction of sp³-hybridized carbons (Fsp3) is 0.154. The van der Waals surface area contributed by atoms with Gasteiger partial charge in [0, 0.05) is 28.2 Å². The van der Waals surface area contributed by atoms with Gasteiger partial charge in [0.1, 0.15) is 22.9 Å². The molecule has 0 unspecified atom stereocenters. The Balaban J connectivity index is 0.999. The number of hydrogen-bond donors (Lipinski definition) is 2. The van der Waals surface area contributed by atoms with Crippen LogP contribution in [0.15, 0.2) is 153 Å². The zero-order valence-corrected chi connectivity index (χ0v) is 44.2. The normalized spacial score (nSPS) is 11.5. The zero-order valence-electron chi connectivity index (χ0n) is 41.0. The lowest BCUT2D eigenvalue weighted by molar-refractivity contribution is 0.101. The van der Waals surface area contributed by atoms with Crippen molar-refractivity contribution >= 4 is 77.8 Å². The molecule has 22 heteroatoms. The molecule has 2 N–H and O–H groups in total. The Morgan fingerprint density at radius 3 is 1.22 bits per heavy atom. The van der Waals surface area contributed by atoms with Crippen LogP contribution in [0.25, 0.3) is 22.5 Å². The van der Waals surface area contributed by atoms with Gasteiger partial charge in [-0.1, -0.05) is 71.7 Å². The van der Waals surface area contributed by atoms with Gasteiger partial charge in [0.05, 0.1) is 79.3 Å². The van der Waals surface area contributed by atoms with Crippen LogP contribution in [0.4, 0.5) is 22.7 Å². The Morgan fingerprint density at radius 1 is 0.527 bits per heavy atom. The van der Waals surface area contributed by atoms with Gasteiger partial charge in [0.15, 0.2) is 0 Å². The number of sulfonamides is 2. The Labute approximate surface area is 436 Å². The van der Waals surface area contributed by atoms with E-state index in [1.807, 2.05) is 0 Å². The molecule has 0 saturated heterocycles. The zero-order chi connectivity index (χ0) is 53.6. The average molecular weight is 1080 g/mol. The number of hydrogen-bond acceptors (Lipinski definition) is 10. The number of benzene rings is 6. The molecule has 0 atom stereocenters. The third-order valence-corrected chi connectivity index (χ3v) is 16.8. The second-order valence-corrected chi connectivity index (χ2v) is 21.5. The third-order valence-electron chi connectivity index (χ3n) is 12.6. The summed E-state index contributed by atoms with van der Waals surface area (Å²) in [6.45, 7) is 3.26. The number of carbonyl (C=O) groups excluding carboxylic acids is 2. The summed E-state index contributed by atoms with van der Waals surface area (Å²) in [4.78, 5) is 54.5. The number of aromatic nitrogens is 4. The first kappa shape index (κ1) is 52.3. The van der Waals surface area contributed by atoms with E-state index in [0.29, 0.717) is 33.9 Å². The number of ether oxygens (including phenoxy) is 2. The molecule has 8 aromatic rings. The molecule has 0 aliphatic heterocycles. The summed E-state index contributed by atoms with van der Waals surface area (Å²) >= 11 is 13.0. The maximum absolute atomic E-state index is 14.1. The highest BCUT2D eigenvalue weighted by molar-refractivity contribution is 7.93. The number of halogens is 2. The summed E-state index contributed by atoms with van der Waals surface area (Å²) in [6, 6.07) is 34.7. The predicted molar refractivity (Wildman–Crippen MR) is 286 cm³/mol. The summed E-state index contributed by atoms with van der Waals surface area (Å²) in [7, 11) is -0.193. The largest absolute Gasteiger partial charge is 0.495 e. The van der Waals surface area contributed by atoms with E-state index in [2.05, 4.69) is 10.6 Å². The topological polar surface area (TPSA) is 205 Å². The van der Waals surface area contributed by atoms with E-state index in [-0.39, 0.29) is 65.2 Å². The van der Waals surface area contributed by atoms with Crippen LogP contribution in [-0.2, 0) is 34.1 Å². The summed E-state index contributed by atoms with van der Waals surface area (Å²) in [6.07, 6.45) is 0. The lowest BCUT2D eigenvalue weighted by Gasteiger charge is -2.19. The molecule has 0 radical (unpaired) electrons. The maximum atomic E-state index is 14.1. The minimum absolute atomic E-state index is 0.0389. The second-order valence-electron chi connectivity index (χ2n) is 16.8. The van der Waals surface area contributed by atoms with Crippen LogP contribution in [0.2, 0.25) is 10.0 Å². The van der Waals surface area contributed by atoms with Crippen molar-refractivity contribution in [3.63, 3.8) is 0 Å². The maximum Gasteiger partial charge on any atom is 0.296 e. The molecule has 6 aromatic carbocycles. The SMILES string of the molecule is COc1cc(-c2ccc(NC(=O)c3cc(S(=O)(=O)N(C)c4c(C)n(C)n(-c5ccccc5)c4=O)ccc3Cl)c(OC)c2)ccc1NC(=O)c1cc(S(=O)(=O)N(C)c2c(C)n(C)n(-c3ccccc3)c2=O)ccc1Cl. The molecule has 8 rings (SSSR count). The standard InChI is InChI=1S/C52H48Cl2N8O10S2/c1-31-47(51(65)61(57(31)3)35-15-11-9-12-16-35)59(5)73(67,68)37-21-23-41(53)39(29-37)49(63)55-43-25-19-33(27-45(43)71-7)34-20-26-44(46(28-34)72-8)56-50(64)40-30-38(22-24-42(40)54)74(69,70)60(6)48-32(2)58(4)62(52(48)66)36-17-13-10-14-18-36/h9-30H,1-8H3,(H,55,63)(H,56,64). The van der Waals surface area contributed by atoms with Crippen LogP contribution in [0.5, 0.6) is 11.5 Å². The monoisotopic (exact) mass is 1080 g/mol. The van der Waals surface area contributed by atoms with Crippen molar-refractivity contribution in [2.45, 2.75) is 23.6 Å². The molecule has 0 aliphatic carbocycles. The Morgan fingerprint density at radius 2 is 0.878 bits per heavy atom. The van der Waals surface area contributed by atoms with Crippen molar-refractivity contribution < 1.29 is 35.9 Å². The molecule has 0 saturated carbocycles. The van der Waals surface area contributed by atoms with Crippen molar-refractivity contribution in [3.05, 3.63) is 187 Å². The fourth-order valence-corrected chi connectivity index (χ4v) is 11.3.